The topological polar surface area (TPSA) is 81.5 Å². The molecule has 1 amide bonds. The minimum atomic E-state index is -0.549. The SMILES string of the molecule is COc1ccc(CNC(=O)[C@H]2Cn3ccnc3C3(CCN(Cc4ccccn4)CC3)O2)cc1. The number of likely N-dealkylation sites (tertiary alicyclic amines) is 1. The molecule has 0 aliphatic carbocycles. The zero-order valence-electron chi connectivity index (χ0n) is 18.8. The van der Waals surface area contributed by atoms with Crippen LogP contribution in [0.25, 0.3) is 0 Å². The second-order valence-corrected chi connectivity index (χ2v) is 8.67. The van der Waals surface area contributed by atoms with Crippen LogP contribution in [-0.2, 0) is 34.8 Å². The molecule has 8 nitrogen and oxygen atoms in total. The number of carbonyl (C=O) groups excluding carboxylic acids is 1. The van der Waals surface area contributed by atoms with E-state index >= 15 is 0 Å². The summed E-state index contributed by atoms with van der Waals surface area (Å²) in [5, 5.41) is 3.04. The van der Waals surface area contributed by atoms with E-state index in [1.165, 1.54) is 0 Å². The number of imidazole rings is 1. The monoisotopic (exact) mass is 447 g/mol. The van der Waals surface area contributed by atoms with Gasteiger partial charge in [-0.2, -0.15) is 0 Å². The number of ether oxygens (including phenoxy) is 2. The molecule has 2 aliphatic rings. The quantitative estimate of drug-likeness (QED) is 0.625. The smallest absolute Gasteiger partial charge is 0.251 e. The summed E-state index contributed by atoms with van der Waals surface area (Å²) in [5.74, 6) is 1.63. The van der Waals surface area contributed by atoms with E-state index in [0.717, 1.165) is 55.3 Å². The molecule has 0 saturated carbocycles. The molecule has 1 fully saturated rings. The minimum absolute atomic E-state index is 0.0968. The van der Waals surface area contributed by atoms with Gasteiger partial charge in [-0.3, -0.25) is 14.7 Å². The van der Waals surface area contributed by atoms with Crippen molar-refractivity contribution in [2.24, 2.45) is 0 Å². The number of pyridine rings is 1. The fraction of sp³-hybridized carbons (Fsp3) is 0.400. The highest BCUT2D eigenvalue weighted by molar-refractivity contribution is 5.81. The van der Waals surface area contributed by atoms with Gasteiger partial charge in [0.2, 0.25) is 0 Å². The molecular weight excluding hydrogens is 418 g/mol. The molecule has 2 aromatic heterocycles. The maximum absolute atomic E-state index is 13.0. The Labute approximate surface area is 193 Å². The number of hydrogen-bond donors (Lipinski definition) is 1. The third kappa shape index (κ3) is 4.62. The van der Waals surface area contributed by atoms with Crippen LogP contribution in [0.15, 0.2) is 61.1 Å². The number of benzene rings is 1. The molecule has 0 unspecified atom stereocenters. The molecule has 8 heteroatoms. The van der Waals surface area contributed by atoms with Gasteiger partial charge in [-0.05, 0) is 42.7 Å². The van der Waals surface area contributed by atoms with Gasteiger partial charge in [0.25, 0.3) is 5.91 Å². The summed E-state index contributed by atoms with van der Waals surface area (Å²) in [4.78, 5) is 24.5. The highest BCUT2D eigenvalue weighted by atomic mass is 16.5. The number of rotatable bonds is 6. The molecule has 1 aromatic carbocycles. The number of aromatic nitrogens is 3. The molecule has 0 bridgehead atoms. The van der Waals surface area contributed by atoms with Crippen molar-refractivity contribution in [2.45, 2.75) is 44.2 Å². The van der Waals surface area contributed by atoms with Gasteiger partial charge in [-0.1, -0.05) is 18.2 Å². The summed E-state index contributed by atoms with van der Waals surface area (Å²) in [7, 11) is 1.64. The van der Waals surface area contributed by atoms with Gasteiger partial charge in [-0.25, -0.2) is 4.98 Å². The molecule has 3 aromatic rings. The molecule has 5 rings (SSSR count). The van der Waals surface area contributed by atoms with E-state index in [4.69, 9.17) is 9.47 Å². The molecule has 1 atom stereocenters. The summed E-state index contributed by atoms with van der Waals surface area (Å²) in [5.41, 5.74) is 1.54. The van der Waals surface area contributed by atoms with Crippen molar-refractivity contribution >= 4 is 5.91 Å². The lowest BCUT2D eigenvalue weighted by Gasteiger charge is -2.45. The van der Waals surface area contributed by atoms with Gasteiger partial charge in [-0.15, -0.1) is 0 Å². The number of nitrogens with one attached hydrogen (secondary N) is 1. The van der Waals surface area contributed by atoms with Crippen LogP contribution in [0, 0.1) is 0 Å². The summed E-state index contributed by atoms with van der Waals surface area (Å²) < 4.78 is 13.8. The van der Waals surface area contributed by atoms with Crippen LogP contribution >= 0.6 is 0 Å². The van der Waals surface area contributed by atoms with Crippen LogP contribution in [0.4, 0.5) is 0 Å². The van der Waals surface area contributed by atoms with Crippen molar-refractivity contribution in [3.63, 3.8) is 0 Å². The minimum Gasteiger partial charge on any atom is -0.497 e. The predicted octanol–water partition coefficient (Wildman–Crippen LogP) is 2.49. The molecule has 1 saturated heterocycles. The molecular formula is C25H29N5O3. The lowest BCUT2D eigenvalue weighted by atomic mass is 9.88. The van der Waals surface area contributed by atoms with Crippen LogP contribution in [0.5, 0.6) is 5.75 Å². The first-order valence-electron chi connectivity index (χ1n) is 11.4. The molecule has 0 radical (unpaired) electrons. The summed E-state index contributed by atoms with van der Waals surface area (Å²) >= 11 is 0. The second-order valence-electron chi connectivity index (χ2n) is 8.67. The normalized spacial score (nSPS) is 19.7. The largest absolute Gasteiger partial charge is 0.497 e. The number of fused-ring (bicyclic) bond motifs is 2. The summed E-state index contributed by atoms with van der Waals surface area (Å²) in [6.45, 7) is 3.47. The number of nitrogens with zero attached hydrogens (tertiary/aromatic N) is 4. The average molecular weight is 448 g/mol. The highest BCUT2D eigenvalue weighted by Gasteiger charge is 2.47. The van der Waals surface area contributed by atoms with E-state index < -0.39 is 11.7 Å². The van der Waals surface area contributed by atoms with Crippen molar-refractivity contribution in [1.29, 1.82) is 0 Å². The van der Waals surface area contributed by atoms with Crippen molar-refractivity contribution in [3.05, 3.63) is 78.1 Å². The zero-order chi connectivity index (χ0) is 22.7. The first-order chi connectivity index (χ1) is 16.1. The maximum Gasteiger partial charge on any atom is 0.251 e. The van der Waals surface area contributed by atoms with E-state index in [1.54, 1.807) is 13.3 Å². The first kappa shape index (κ1) is 21.6. The van der Waals surface area contributed by atoms with E-state index in [0.29, 0.717) is 13.1 Å². The van der Waals surface area contributed by atoms with Crippen molar-refractivity contribution in [2.75, 3.05) is 20.2 Å². The van der Waals surface area contributed by atoms with Crippen LogP contribution in [0.3, 0.4) is 0 Å². The zero-order valence-corrected chi connectivity index (χ0v) is 18.8. The Morgan fingerprint density at radius 2 is 1.97 bits per heavy atom. The van der Waals surface area contributed by atoms with E-state index in [2.05, 4.69) is 30.8 Å². The highest BCUT2D eigenvalue weighted by Crippen LogP contribution is 2.40. The van der Waals surface area contributed by atoms with E-state index in [9.17, 15) is 4.79 Å². The standard InChI is InChI=1S/C25H29N5O3/c1-32-21-7-5-19(6-8-21)16-28-23(31)22-18-30-15-12-27-24(30)25(33-22)9-13-29(14-10-25)17-20-4-2-3-11-26-20/h2-8,11-12,15,22H,9-10,13-14,16-18H2,1H3,(H,28,31)/t22-/m1/s1. The molecule has 1 spiro atoms. The number of carbonyl (C=O) groups is 1. The summed E-state index contributed by atoms with van der Waals surface area (Å²) in [6.07, 6.45) is 6.62. The van der Waals surface area contributed by atoms with Gasteiger partial charge in [0.05, 0.1) is 19.3 Å². The number of hydrogen-bond acceptors (Lipinski definition) is 6. The molecule has 33 heavy (non-hydrogen) atoms. The van der Waals surface area contributed by atoms with Crippen molar-refractivity contribution < 1.29 is 14.3 Å². The van der Waals surface area contributed by atoms with Crippen LogP contribution < -0.4 is 10.1 Å². The Kier molecular flexibility index (Phi) is 6.11. The lowest BCUT2D eigenvalue weighted by Crippen LogP contribution is -2.53. The summed E-state index contributed by atoms with van der Waals surface area (Å²) in [6, 6.07) is 13.7. The van der Waals surface area contributed by atoms with E-state index in [-0.39, 0.29) is 5.91 Å². The Hall–Kier alpha value is -3.23. The maximum atomic E-state index is 13.0. The number of piperidine rings is 1. The molecule has 2 aliphatic heterocycles. The van der Waals surface area contributed by atoms with Crippen LogP contribution in [0.1, 0.15) is 29.9 Å². The Bertz CT molecular complexity index is 1070. The average Bonchev–Trinajstić information content (AvgIpc) is 3.35. The molecule has 172 valence electrons. The van der Waals surface area contributed by atoms with Crippen molar-refractivity contribution in [3.8, 4) is 5.75 Å². The van der Waals surface area contributed by atoms with Crippen LogP contribution in [0.2, 0.25) is 0 Å². The second kappa shape index (κ2) is 9.33. The first-order valence-corrected chi connectivity index (χ1v) is 11.4. The van der Waals surface area contributed by atoms with Gasteiger partial charge in [0, 0.05) is 44.8 Å². The Morgan fingerprint density at radius 3 is 2.70 bits per heavy atom. The third-order valence-electron chi connectivity index (χ3n) is 6.55. The predicted molar refractivity (Wildman–Crippen MR) is 122 cm³/mol. The van der Waals surface area contributed by atoms with Gasteiger partial charge < -0.3 is 19.4 Å². The fourth-order valence-corrected chi connectivity index (χ4v) is 4.71. The molecule has 4 heterocycles. The third-order valence-corrected chi connectivity index (χ3v) is 6.55. The van der Waals surface area contributed by atoms with Crippen molar-refractivity contribution in [1.82, 2.24) is 24.8 Å². The van der Waals surface area contributed by atoms with E-state index in [1.807, 2.05) is 48.8 Å². The Balaban J connectivity index is 1.24. The number of methoxy groups -OCH3 is 1. The Morgan fingerprint density at radius 1 is 1.15 bits per heavy atom. The lowest BCUT2D eigenvalue weighted by molar-refractivity contribution is -0.174. The van der Waals surface area contributed by atoms with Gasteiger partial charge in [0.15, 0.2) is 6.10 Å². The number of amides is 1. The van der Waals surface area contributed by atoms with Crippen LogP contribution in [-0.4, -0.2) is 51.6 Å². The molecule has 1 N–H and O–H groups in total. The fourth-order valence-electron chi connectivity index (χ4n) is 4.71. The van der Waals surface area contributed by atoms with Gasteiger partial charge in [0.1, 0.15) is 17.2 Å². The van der Waals surface area contributed by atoms with Gasteiger partial charge >= 0.3 is 0 Å².